The van der Waals surface area contributed by atoms with Gasteiger partial charge < -0.3 is 32.4 Å². The first-order chi connectivity index (χ1) is 20.9. The first kappa shape index (κ1) is 36.2. The van der Waals surface area contributed by atoms with Gasteiger partial charge in [0.15, 0.2) is 0 Å². The third-order valence-electron chi connectivity index (χ3n) is 7.36. The summed E-state index contributed by atoms with van der Waals surface area (Å²) < 4.78 is 0. The molecule has 0 saturated carbocycles. The smallest absolute Gasteiger partial charge is 0.244 e. The number of amides is 5. The van der Waals surface area contributed by atoms with Gasteiger partial charge in [0, 0.05) is 35.9 Å². The number of rotatable bonds is 19. The Morgan fingerprint density at radius 1 is 0.841 bits per heavy atom. The van der Waals surface area contributed by atoms with Crippen molar-refractivity contribution in [3.63, 3.8) is 0 Å². The Hall–Kier alpha value is -3.97. The van der Waals surface area contributed by atoms with Crippen LogP contribution in [-0.2, 0) is 30.4 Å². The lowest BCUT2D eigenvalue weighted by Gasteiger charge is -2.27. The first-order valence-electron chi connectivity index (χ1n) is 15.2. The van der Waals surface area contributed by atoms with E-state index in [1.807, 2.05) is 52.0 Å². The van der Waals surface area contributed by atoms with Crippen LogP contribution in [0.3, 0.4) is 0 Å². The summed E-state index contributed by atoms with van der Waals surface area (Å²) in [6, 6.07) is 4.50. The number of hydroxylamine groups is 1. The number of hydrogen-bond donors (Lipinski definition) is 8. The van der Waals surface area contributed by atoms with Gasteiger partial charge in [0.2, 0.25) is 29.5 Å². The van der Waals surface area contributed by atoms with E-state index < -0.39 is 53.6 Å². The molecule has 5 amide bonds. The Labute approximate surface area is 258 Å². The molecule has 2 rings (SSSR count). The molecular formula is C31H49N7O6. The van der Waals surface area contributed by atoms with Crippen LogP contribution in [0.1, 0.15) is 71.8 Å². The average molecular weight is 616 g/mol. The topological polar surface area (TPSA) is 222 Å². The first-order valence-corrected chi connectivity index (χ1v) is 15.2. The molecular weight excluding hydrogens is 566 g/mol. The molecule has 1 heterocycles. The summed E-state index contributed by atoms with van der Waals surface area (Å²) in [5.74, 6) is -3.83. The van der Waals surface area contributed by atoms with Crippen LogP contribution in [0.15, 0.2) is 30.5 Å². The minimum atomic E-state index is -1.10. The third-order valence-corrected chi connectivity index (χ3v) is 7.36. The lowest BCUT2D eigenvalue weighted by Crippen LogP contribution is -2.57. The molecule has 0 aliphatic rings. The van der Waals surface area contributed by atoms with Crippen molar-refractivity contribution in [1.82, 2.24) is 26.4 Å². The van der Waals surface area contributed by atoms with E-state index in [2.05, 4.69) is 20.9 Å². The molecule has 4 atom stereocenters. The SMILES string of the molecule is CC(C)C[C@H](CC(=O)NO)C(=O)N[C@@H](Cc1c[nH]c2ccccc12)C(=O)N[C@@H](CC(C)C)C(=O)N[C@@H](CCCCN)C(N)=O. The average Bonchev–Trinajstić information content (AvgIpc) is 3.37. The van der Waals surface area contributed by atoms with Gasteiger partial charge in [0.25, 0.3) is 0 Å². The van der Waals surface area contributed by atoms with E-state index in [-0.39, 0.29) is 31.1 Å². The maximum Gasteiger partial charge on any atom is 0.244 e. The molecule has 0 aliphatic carbocycles. The maximum absolute atomic E-state index is 13.9. The molecule has 13 heteroatoms. The van der Waals surface area contributed by atoms with E-state index in [0.717, 1.165) is 16.5 Å². The van der Waals surface area contributed by atoms with Crippen molar-refractivity contribution in [1.29, 1.82) is 0 Å². The normalized spacial score (nSPS) is 14.1. The molecule has 0 aliphatic heterocycles. The number of para-hydroxylation sites is 1. The minimum absolute atomic E-state index is 0.00407. The summed E-state index contributed by atoms with van der Waals surface area (Å²) in [5, 5.41) is 18.2. The molecule has 2 aromatic rings. The second-order valence-electron chi connectivity index (χ2n) is 12.1. The zero-order chi connectivity index (χ0) is 32.8. The summed E-state index contributed by atoms with van der Waals surface area (Å²) in [5.41, 5.74) is 14.3. The second-order valence-corrected chi connectivity index (χ2v) is 12.1. The minimum Gasteiger partial charge on any atom is -0.368 e. The van der Waals surface area contributed by atoms with Crippen molar-refractivity contribution >= 4 is 40.4 Å². The van der Waals surface area contributed by atoms with Gasteiger partial charge in [0.05, 0.1) is 0 Å². The zero-order valence-corrected chi connectivity index (χ0v) is 26.2. The number of nitrogens with two attached hydrogens (primary N) is 2. The van der Waals surface area contributed by atoms with Crippen LogP contribution in [0.2, 0.25) is 0 Å². The van der Waals surface area contributed by atoms with Crippen molar-refractivity contribution < 1.29 is 29.2 Å². The fourth-order valence-corrected chi connectivity index (χ4v) is 5.17. The standard InChI is InChI=1S/C31H49N7O6/c1-18(2)13-20(16-27(39)38-44)29(41)36-26(15-21-17-34-23-10-6-5-9-22(21)23)31(43)37-25(14-19(3)4)30(42)35-24(28(33)40)11-7-8-12-32/h5-6,9-10,17-20,24-26,34,44H,7-8,11-16,32H2,1-4H3,(H2,33,40)(H,35,42)(H,36,41)(H,37,43)(H,38,39)/t20-,24+,25+,26+/m1/s1. The summed E-state index contributed by atoms with van der Waals surface area (Å²) >= 11 is 0. The third kappa shape index (κ3) is 11.6. The largest absolute Gasteiger partial charge is 0.368 e. The maximum atomic E-state index is 13.9. The van der Waals surface area contributed by atoms with Crippen molar-refractivity contribution in [2.45, 2.75) is 90.8 Å². The predicted molar refractivity (Wildman–Crippen MR) is 167 cm³/mol. The second kappa shape index (κ2) is 18.0. The number of benzene rings is 1. The fourth-order valence-electron chi connectivity index (χ4n) is 5.17. The van der Waals surface area contributed by atoms with Gasteiger partial charge in [-0.15, -0.1) is 0 Å². The molecule has 0 fully saturated rings. The van der Waals surface area contributed by atoms with Crippen LogP contribution in [0, 0.1) is 17.8 Å². The van der Waals surface area contributed by atoms with Gasteiger partial charge in [-0.05, 0) is 62.1 Å². The van der Waals surface area contributed by atoms with Crippen LogP contribution in [0.25, 0.3) is 10.9 Å². The highest BCUT2D eigenvalue weighted by molar-refractivity contribution is 5.95. The van der Waals surface area contributed by atoms with Gasteiger partial charge in [-0.3, -0.25) is 29.2 Å². The van der Waals surface area contributed by atoms with Crippen LogP contribution in [0.5, 0.6) is 0 Å². The van der Waals surface area contributed by atoms with Crippen LogP contribution >= 0.6 is 0 Å². The highest BCUT2D eigenvalue weighted by atomic mass is 16.5. The summed E-state index contributed by atoms with van der Waals surface area (Å²) in [6.45, 7) is 8.04. The summed E-state index contributed by atoms with van der Waals surface area (Å²) in [7, 11) is 0. The number of unbranched alkanes of at least 4 members (excludes halogenated alkanes) is 1. The van der Waals surface area contributed by atoms with E-state index in [4.69, 9.17) is 16.7 Å². The van der Waals surface area contributed by atoms with Crippen molar-refractivity contribution in [3.8, 4) is 0 Å². The number of carbonyl (C=O) groups excluding carboxylic acids is 5. The Morgan fingerprint density at radius 3 is 2.07 bits per heavy atom. The number of hydrogen-bond acceptors (Lipinski definition) is 7. The Bertz CT molecular complexity index is 1260. The van der Waals surface area contributed by atoms with E-state index in [0.29, 0.717) is 32.2 Å². The number of primary amides is 1. The van der Waals surface area contributed by atoms with Crippen molar-refractivity contribution in [2.24, 2.45) is 29.2 Å². The number of aromatic nitrogens is 1. The number of nitrogens with one attached hydrogen (secondary N) is 5. The molecule has 0 radical (unpaired) electrons. The molecule has 0 spiro atoms. The van der Waals surface area contributed by atoms with E-state index in [1.165, 1.54) is 0 Å². The van der Waals surface area contributed by atoms with Crippen molar-refractivity contribution in [2.75, 3.05) is 6.54 Å². The van der Waals surface area contributed by atoms with Gasteiger partial charge >= 0.3 is 0 Å². The lowest BCUT2D eigenvalue weighted by molar-refractivity contribution is -0.137. The van der Waals surface area contributed by atoms with Gasteiger partial charge in [-0.2, -0.15) is 0 Å². The van der Waals surface area contributed by atoms with Crippen LogP contribution < -0.4 is 32.9 Å². The number of aromatic amines is 1. The number of carbonyl (C=O) groups is 5. The quantitative estimate of drug-likeness (QED) is 0.0658. The molecule has 0 bridgehead atoms. The van der Waals surface area contributed by atoms with Gasteiger partial charge in [0.1, 0.15) is 18.1 Å². The molecule has 0 saturated heterocycles. The van der Waals surface area contributed by atoms with Gasteiger partial charge in [-0.25, -0.2) is 5.48 Å². The van der Waals surface area contributed by atoms with Gasteiger partial charge in [-0.1, -0.05) is 45.9 Å². The van der Waals surface area contributed by atoms with Crippen molar-refractivity contribution in [3.05, 3.63) is 36.0 Å². The van der Waals surface area contributed by atoms with E-state index in [9.17, 15) is 24.0 Å². The highest BCUT2D eigenvalue weighted by Gasteiger charge is 2.32. The van der Waals surface area contributed by atoms with Crippen LogP contribution in [-0.4, -0.2) is 64.4 Å². The Kier molecular flexibility index (Phi) is 14.8. The summed E-state index contributed by atoms with van der Waals surface area (Å²) in [6.07, 6.45) is 3.79. The van der Waals surface area contributed by atoms with Crippen LogP contribution in [0.4, 0.5) is 0 Å². The Morgan fingerprint density at radius 2 is 1.45 bits per heavy atom. The zero-order valence-electron chi connectivity index (χ0n) is 26.2. The number of fused-ring (bicyclic) bond motifs is 1. The lowest BCUT2D eigenvalue weighted by atomic mass is 9.92. The molecule has 10 N–H and O–H groups in total. The van der Waals surface area contributed by atoms with E-state index >= 15 is 0 Å². The highest BCUT2D eigenvalue weighted by Crippen LogP contribution is 2.21. The number of H-pyrrole nitrogens is 1. The van der Waals surface area contributed by atoms with E-state index in [1.54, 1.807) is 11.7 Å². The molecule has 44 heavy (non-hydrogen) atoms. The molecule has 244 valence electrons. The predicted octanol–water partition coefficient (Wildman–Crippen LogP) is 1.38. The summed E-state index contributed by atoms with van der Waals surface area (Å²) in [4.78, 5) is 67.9. The molecule has 13 nitrogen and oxygen atoms in total. The Balaban J connectivity index is 2.36. The molecule has 1 aromatic heterocycles. The molecule has 0 unspecified atom stereocenters. The monoisotopic (exact) mass is 615 g/mol. The molecule has 1 aromatic carbocycles. The fraction of sp³-hybridized carbons (Fsp3) is 0.581.